The third kappa shape index (κ3) is 1.43. The van der Waals surface area contributed by atoms with E-state index in [4.69, 9.17) is 11.6 Å². The number of hydrogen-bond donors (Lipinski definition) is 0. The van der Waals surface area contributed by atoms with Gasteiger partial charge < -0.3 is 0 Å². The summed E-state index contributed by atoms with van der Waals surface area (Å²) in [5.41, 5.74) is 1.70. The minimum absolute atomic E-state index is 0.127. The number of rotatable bonds is 2. The van der Waals surface area contributed by atoms with Crippen molar-refractivity contribution in [3.05, 3.63) is 34.5 Å². The molecular formula is C11H10ClFS. The number of halogens is 2. The van der Waals surface area contributed by atoms with Crippen molar-refractivity contribution in [2.45, 2.75) is 19.2 Å². The molecule has 1 heterocycles. The van der Waals surface area contributed by atoms with E-state index in [0.29, 0.717) is 5.88 Å². The largest absolute Gasteiger partial charge is 0.207 e. The number of alkyl halides is 1. The van der Waals surface area contributed by atoms with Crippen molar-refractivity contribution >= 4 is 33.0 Å². The van der Waals surface area contributed by atoms with E-state index in [0.717, 1.165) is 27.6 Å². The molecule has 2 rings (SSSR count). The first-order valence-electron chi connectivity index (χ1n) is 4.51. The first-order chi connectivity index (χ1) is 6.77. The Morgan fingerprint density at radius 1 is 1.50 bits per heavy atom. The summed E-state index contributed by atoms with van der Waals surface area (Å²) in [6, 6.07) is 3.57. The second-order valence-corrected chi connectivity index (χ2v) is 4.33. The van der Waals surface area contributed by atoms with E-state index in [1.807, 2.05) is 18.4 Å². The van der Waals surface area contributed by atoms with Crippen molar-refractivity contribution in [3.63, 3.8) is 0 Å². The summed E-state index contributed by atoms with van der Waals surface area (Å²) in [4.78, 5) is 0. The SMILES string of the molecule is CCc1c(F)cc(CCl)c2ccsc12. The van der Waals surface area contributed by atoms with E-state index in [1.54, 1.807) is 17.4 Å². The van der Waals surface area contributed by atoms with Gasteiger partial charge in [0.15, 0.2) is 0 Å². The standard InChI is InChI=1S/C11H10ClFS/c1-2-8-10(13)5-7(6-12)9-3-4-14-11(8)9/h3-5H,2,6H2,1H3. The van der Waals surface area contributed by atoms with Crippen LogP contribution in [0.15, 0.2) is 17.5 Å². The summed E-state index contributed by atoms with van der Waals surface area (Å²) >= 11 is 7.35. The summed E-state index contributed by atoms with van der Waals surface area (Å²) < 4.78 is 14.6. The monoisotopic (exact) mass is 228 g/mol. The lowest BCUT2D eigenvalue weighted by Gasteiger charge is -2.05. The highest BCUT2D eigenvalue weighted by Gasteiger charge is 2.10. The van der Waals surface area contributed by atoms with E-state index >= 15 is 0 Å². The van der Waals surface area contributed by atoms with Crippen LogP contribution in [0.5, 0.6) is 0 Å². The van der Waals surface area contributed by atoms with Gasteiger partial charge in [-0.15, -0.1) is 22.9 Å². The molecule has 0 aliphatic heterocycles. The van der Waals surface area contributed by atoms with Crippen LogP contribution in [0.1, 0.15) is 18.1 Å². The fraction of sp³-hybridized carbons (Fsp3) is 0.273. The van der Waals surface area contributed by atoms with Crippen LogP contribution in [0, 0.1) is 5.82 Å². The first-order valence-corrected chi connectivity index (χ1v) is 5.92. The van der Waals surface area contributed by atoms with Crippen LogP contribution in [0.25, 0.3) is 10.1 Å². The molecule has 1 aromatic carbocycles. The van der Waals surface area contributed by atoms with Crippen LogP contribution in [0.4, 0.5) is 4.39 Å². The Hall–Kier alpha value is -0.600. The van der Waals surface area contributed by atoms with E-state index in [-0.39, 0.29) is 5.82 Å². The summed E-state index contributed by atoms with van der Waals surface area (Å²) in [6.07, 6.45) is 0.728. The topological polar surface area (TPSA) is 0 Å². The van der Waals surface area contributed by atoms with Gasteiger partial charge in [-0.25, -0.2) is 4.39 Å². The molecule has 0 N–H and O–H groups in total. The van der Waals surface area contributed by atoms with Crippen LogP contribution in [0.3, 0.4) is 0 Å². The van der Waals surface area contributed by atoms with Crippen molar-refractivity contribution in [2.75, 3.05) is 0 Å². The van der Waals surface area contributed by atoms with Gasteiger partial charge in [0.2, 0.25) is 0 Å². The summed E-state index contributed by atoms with van der Waals surface area (Å²) in [5.74, 6) is 0.242. The van der Waals surface area contributed by atoms with Crippen LogP contribution < -0.4 is 0 Å². The van der Waals surface area contributed by atoms with Crippen LogP contribution in [-0.2, 0) is 12.3 Å². The second-order valence-electron chi connectivity index (χ2n) is 3.15. The van der Waals surface area contributed by atoms with E-state index in [9.17, 15) is 4.39 Å². The summed E-state index contributed by atoms with van der Waals surface area (Å²) in [7, 11) is 0. The molecule has 0 saturated carbocycles. The molecule has 3 heteroatoms. The van der Waals surface area contributed by atoms with Crippen molar-refractivity contribution in [2.24, 2.45) is 0 Å². The zero-order chi connectivity index (χ0) is 10.1. The molecule has 0 aliphatic rings. The number of aryl methyl sites for hydroxylation is 1. The van der Waals surface area contributed by atoms with E-state index < -0.39 is 0 Å². The predicted octanol–water partition coefficient (Wildman–Crippen LogP) is 4.34. The fourth-order valence-electron chi connectivity index (χ4n) is 1.66. The Balaban J connectivity index is 2.81. The highest BCUT2D eigenvalue weighted by molar-refractivity contribution is 7.17. The van der Waals surface area contributed by atoms with Gasteiger partial charge in [0.05, 0.1) is 0 Å². The zero-order valence-corrected chi connectivity index (χ0v) is 9.38. The van der Waals surface area contributed by atoms with Gasteiger partial charge in [0.1, 0.15) is 5.82 Å². The molecule has 0 atom stereocenters. The van der Waals surface area contributed by atoms with Crippen LogP contribution >= 0.6 is 22.9 Å². The minimum Gasteiger partial charge on any atom is -0.207 e. The molecular weight excluding hydrogens is 219 g/mol. The third-order valence-electron chi connectivity index (χ3n) is 2.37. The molecule has 0 nitrogen and oxygen atoms in total. The molecule has 0 fully saturated rings. The molecule has 0 bridgehead atoms. The number of benzene rings is 1. The summed E-state index contributed by atoms with van der Waals surface area (Å²) in [6.45, 7) is 1.97. The lowest BCUT2D eigenvalue weighted by Crippen LogP contribution is -1.91. The van der Waals surface area contributed by atoms with Crippen molar-refractivity contribution in [1.82, 2.24) is 0 Å². The van der Waals surface area contributed by atoms with Gasteiger partial charge in [-0.05, 0) is 34.9 Å². The van der Waals surface area contributed by atoms with Crippen LogP contribution in [0.2, 0.25) is 0 Å². The molecule has 74 valence electrons. The van der Waals surface area contributed by atoms with E-state index in [1.165, 1.54) is 0 Å². The molecule has 0 saturated heterocycles. The minimum atomic E-state index is -0.127. The quantitative estimate of drug-likeness (QED) is 0.671. The van der Waals surface area contributed by atoms with Gasteiger partial charge in [0.25, 0.3) is 0 Å². The van der Waals surface area contributed by atoms with Crippen molar-refractivity contribution in [1.29, 1.82) is 0 Å². The Bertz CT molecular complexity index is 462. The molecule has 14 heavy (non-hydrogen) atoms. The molecule has 0 unspecified atom stereocenters. The molecule has 0 aliphatic carbocycles. The lowest BCUT2D eigenvalue weighted by atomic mass is 10.1. The Morgan fingerprint density at radius 3 is 2.93 bits per heavy atom. The van der Waals surface area contributed by atoms with Gasteiger partial charge in [-0.2, -0.15) is 0 Å². The first kappa shape index (κ1) is 9.94. The molecule has 0 amide bonds. The van der Waals surface area contributed by atoms with Gasteiger partial charge in [-0.3, -0.25) is 0 Å². The Morgan fingerprint density at radius 2 is 2.29 bits per heavy atom. The Labute approximate surface area is 91.3 Å². The van der Waals surface area contributed by atoms with Gasteiger partial charge in [-0.1, -0.05) is 6.92 Å². The maximum atomic E-state index is 13.6. The average Bonchev–Trinajstić information content (AvgIpc) is 2.65. The molecule has 2 aromatic rings. The smallest absolute Gasteiger partial charge is 0.128 e. The molecule has 0 radical (unpaired) electrons. The molecule has 1 aromatic heterocycles. The van der Waals surface area contributed by atoms with E-state index in [2.05, 4.69) is 0 Å². The maximum absolute atomic E-state index is 13.6. The Kier molecular flexibility index (Phi) is 2.75. The number of thiophene rings is 1. The third-order valence-corrected chi connectivity index (χ3v) is 3.63. The number of hydrogen-bond acceptors (Lipinski definition) is 1. The highest BCUT2D eigenvalue weighted by Crippen LogP contribution is 2.31. The fourth-order valence-corrected chi connectivity index (χ4v) is 2.93. The average molecular weight is 229 g/mol. The zero-order valence-electron chi connectivity index (χ0n) is 7.81. The summed E-state index contributed by atoms with van der Waals surface area (Å²) in [5, 5.41) is 3.09. The highest BCUT2D eigenvalue weighted by atomic mass is 35.5. The van der Waals surface area contributed by atoms with Crippen molar-refractivity contribution < 1.29 is 4.39 Å². The maximum Gasteiger partial charge on any atom is 0.128 e. The van der Waals surface area contributed by atoms with Gasteiger partial charge in [0, 0.05) is 16.1 Å². The lowest BCUT2D eigenvalue weighted by molar-refractivity contribution is 0.614. The van der Waals surface area contributed by atoms with Gasteiger partial charge >= 0.3 is 0 Å². The number of fused-ring (bicyclic) bond motifs is 1. The molecule has 0 spiro atoms. The van der Waals surface area contributed by atoms with Crippen LogP contribution in [-0.4, -0.2) is 0 Å². The normalized spacial score (nSPS) is 11.1. The predicted molar refractivity (Wildman–Crippen MR) is 60.7 cm³/mol. The van der Waals surface area contributed by atoms with Crippen molar-refractivity contribution in [3.8, 4) is 0 Å². The second kappa shape index (κ2) is 3.87.